The molecule has 0 saturated heterocycles. The summed E-state index contributed by atoms with van der Waals surface area (Å²) in [5.74, 6) is 0. The molecule has 0 aromatic heterocycles. The van der Waals surface area contributed by atoms with Crippen molar-refractivity contribution >= 4 is 63.8 Å². The molecule has 4 heteroatoms. The lowest BCUT2D eigenvalue weighted by atomic mass is 10.1. The summed E-state index contributed by atoms with van der Waals surface area (Å²) in [4.78, 5) is 2.23. The van der Waals surface area contributed by atoms with Crippen molar-refractivity contribution in [1.29, 1.82) is 0 Å². The molecule has 0 amide bonds. The van der Waals surface area contributed by atoms with Crippen molar-refractivity contribution in [3.8, 4) is 0 Å². The van der Waals surface area contributed by atoms with Crippen LogP contribution in [0.25, 0.3) is 10.8 Å². The Balaban J connectivity index is 2.02. The number of benzene rings is 3. The molecule has 0 atom stereocenters. The van der Waals surface area contributed by atoms with Crippen molar-refractivity contribution in [3.05, 3.63) is 66.7 Å². The van der Waals surface area contributed by atoms with Gasteiger partial charge in [-0.05, 0) is 59.9 Å². The number of fused-ring (bicyclic) bond motifs is 1. The molecule has 0 saturated carbocycles. The first-order valence-corrected chi connectivity index (χ1v) is 12.0. The normalized spacial score (nSPS) is 11.0. The van der Waals surface area contributed by atoms with Gasteiger partial charge < -0.3 is 4.90 Å². The van der Waals surface area contributed by atoms with Gasteiger partial charge in [-0.15, -0.1) is 0 Å². The van der Waals surface area contributed by atoms with Gasteiger partial charge in [0.05, 0.1) is 5.33 Å². The van der Waals surface area contributed by atoms with E-state index in [0.717, 1.165) is 0 Å². The van der Waals surface area contributed by atoms with Crippen LogP contribution in [-0.4, -0.2) is 7.05 Å². The standard InChI is InChI=1S/C17H14Br2NP/c1-20(14-9-11-15(12-10-14)21(18)19)17-8-4-6-13-5-2-3-7-16(13)17/h2-12H,1H3. The predicted octanol–water partition coefficient (Wildman–Crippen LogP) is 6.33. The fraction of sp³-hybridized carbons (Fsp3) is 0.0588. The van der Waals surface area contributed by atoms with Crippen molar-refractivity contribution < 1.29 is 0 Å². The Hall–Kier alpha value is -0.890. The minimum absolute atomic E-state index is 0.403. The van der Waals surface area contributed by atoms with E-state index in [1.807, 2.05) is 0 Å². The Morgan fingerprint density at radius 1 is 0.810 bits per heavy atom. The number of anilines is 2. The van der Waals surface area contributed by atoms with E-state index in [0.29, 0.717) is 0 Å². The minimum Gasteiger partial charge on any atom is -0.344 e. The Morgan fingerprint density at radius 2 is 1.48 bits per heavy atom. The molecule has 0 aliphatic rings. The third kappa shape index (κ3) is 3.15. The molecule has 0 heterocycles. The zero-order chi connectivity index (χ0) is 14.8. The zero-order valence-electron chi connectivity index (χ0n) is 11.5. The van der Waals surface area contributed by atoms with E-state index in [9.17, 15) is 0 Å². The second-order valence-corrected chi connectivity index (χ2v) is 12.9. The average molecular weight is 423 g/mol. The van der Waals surface area contributed by atoms with Crippen molar-refractivity contribution in [3.63, 3.8) is 0 Å². The average Bonchev–Trinajstić information content (AvgIpc) is 2.53. The molecule has 3 aromatic rings. The highest BCUT2D eigenvalue weighted by atomic mass is 79.9. The number of hydrogen-bond acceptors (Lipinski definition) is 1. The SMILES string of the molecule is CN(c1ccc(P(Br)Br)cc1)c1cccc2ccccc12. The lowest BCUT2D eigenvalue weighted by Crippen LogP contribution is -2.10. The summed E-state index contributed by atoms with van der Waals surface area (Å²) in [6.07, 6.45) is 0. The third-order valence-corrected chi connectivity index (χ3v) is 6.71. The Kier molecular flexibility index (Phi) is 4.63. The van der Waals surface area contributed by atoms with Crippen molar-refractivity contribution in [2.24, 2.45) is 0 Å². The maximum atomic E-state index is 3.59. The first-order chi connectivity index (χ1) is 10.2. The van der Waals surface area contributed by atoms with Gasteiger partial charge in [0.15, 0.2) is 0 Å². The summed E-state index contributed by atoms with van der Waals surface area (Å²) < 4.78 is 0. The topological polar surface area (TPSA) is 3.24 Å². The molecule has 0 aliphatic carbocycles. The highest BCUT2D eigenvalue weighted by molar-refractivity contribution is 9.70. The molecule has 0 aliphatic heterocycles. The van der Waals surface area contributed by atoms with Crippen LogP contribution in [0.3, 0.4) is 0 Å². The van der Waals surface area contributed by atoms with Crippen LogP contribution >= 0.6 is 36.3 Å². The molecule has 3 aromatic carbocycles. The fourth-order valence-corrected chi connectivity index (χ4v) is 4.22. The fourth-order valence-electron chi connectivity index (χ4n) is 2.43. The molecule has 21 heavy (non-hydrogen) atoms. The summed E-state index contributed by atoms with van der Waals surface area (Å²) in [6, 6.07) is 23.6. The number of halogens is 2. The van der Waals surface area contributed by atoms with Crippen LogP contribution in [0, 0.1) is 0 Å². The van der Waals surface area contributed by atoms with Crippen LogP contribution in [-0.2, 0) is 0 Å². The van der Waals surface area contributed by atoms with E-state index in [2.05, 4.69) is 110 Å². The first kappa shape index (κ1) is 15.0. The van der Waals surface area contributed by atoms with Gasteiger partial charge in [-0.1, -0.05) is 48.5 Å². The van der Waals surface area contributed by atoms with Gasteiger partial charge in [0.25, 0.3) is 0 Å². The maximum Gasteiger partial charge on any atom is 0.0654 e. The van der Waals surface area contributed by atoms with Gasteiger partial charge >= 0.3 is 0 Å². The van der Waals surface area contributed by atoms with Gasteiger partial charge in [0.2, 0.25) is 0 Å². The first-order valence-electron chi connectivity index (χ1n) is 6.60. The van der Waals surface area contributed by atoms with Gasteiger partial charge in [-0.3, -0.25) is 0 Å². The van der Waals surface area contributed by atoms with E-state index in [1.165, 1.54) is 27.5 Å². The third-order valence-electron chi connectivity index (χ3n) is 3.56. The number of hydrogen-bond donors (Lipinski definition) is 0. The van der Waals surface area contributed by atoms with Crippen LogP contribution in [0.4, 0.5) is 11.4 Å². The smallest absolute Gasteiger partial charge is 0.0654 e. The monoisotopic (exact) mass is 421 g/mol. The Bertz CT molecular complexity index is 751. The Labute approximate surface area is 142 Å². The summed E-state index contributed by atoms with van der Waals surface area (Å²) in [5.41, 5.74) is 2.41. The summed E-state index contributed by atoms with van der Waals surface area (Å²) in [6.45, 7) is 0. The highest BCUT2D eigenvalue weighted by Gasteiger charge is 2.09. The lowest BCUT2D eigenvalue weighted by Gasteiger charge is -2.22. The zero-order valence-corrected chi connectivity index (χ0v) is 15.6. The maximum absolute atomic E-state index is 3.59. The molecule has 0 spiro atoms. The molecule has 1 nitrogen and oxygen atoms in total. The van der Waals surface area contributed by atoms with E-state index in [-0.39, 0.29) is 0 Å². The van der Waals surface area contributed by atoms with Crippen LogP contribution < -0.4 is 10.2 Å². The molecule has 0 unspecified atom stereocenters. The minimum atomic E-state index is -0.403. The van der Waals surface area contributed by atoms with E-state index in [4.69, 9.17) is 0 Å². The Morgan fingerprint density at radius 3 is 2.19 bits per heavy atom. The number of nitrogens with zero attached hydrogens (tertiary/aromatic N) is 1. The van der Waals surface area contributed by atoms with E-state index < -0.39 is 5.33 Å². The quantitative estimate of drug-likeness (QED) is 0.445. The summed E-state index contributed by atoms with van der Waals surface area (Å²) in [7, 11) is 2.11. The molecule has 106 valence electrons. The van der Waals surface area contributed by atoms with E-state index >= 15 is 0 Å². The second kappa shape index (κ2) is 6.48. The van der Waals surface area contributed by atoms with Gasteiger partial charge in [0.1, 0.15) is 0 Å². The molecule has 0 N–H and O–H groups in total. The van der Waals surface area contributed by atoms with Crippen LogP contribution in [0.1, 0.15) is 0 Å². The highest BCUT2D eigenvalue weighted by Crippen LogP contribution is 2.50. The van der Waals surface area contributed by atoms with Crippen molar-refractivity contribution in [2.75, 3.05) is 11.9 Å². The molecular weight excluding hydrogens is 409 g/mol. The molecule has 3 rings (SSSR count). The van der Waals surface area contributed by atoms with Gasteiger partial charge in [-0.25, -0.2) is 0 Å². The number of rotatable bonds is 3. The summed E-state index contributed by atoms with van der Waals surface area (Å²) >= 11 is 7.18. The molecule has 0 radical (unpaired) electrons. The van der Waals surface area contributed by atoms with Gasteiger partial charge in [0, 0.05) is 23.8 Å². The predicted molar refractivity (Wildman–Crippen MR) is 103 cm³/mol. The largest absolute Gasteiger partial charge is 0.344 e. The van der Waals surface area contributed by atoms with Crippen LogP contribution in [0.15, 0.2) is 66.7 Å². The molecular formula is C17H14Br2NP. The van der Waals surface area contributed by atoms with Crippen molar-refractivity contribution in [1.82, 2.24) is 0 Å². The van der Waals surface area contributed by atoms with Crippen molar-refractivity contribution in [2.45, 2.75) is 0 Å². The lowest BCUT2D eigenvalue weighted by molar-refractivity contribution is 1.22. The van der Waals surface area contributed by atoms with Crippen LogP contribution in [0.5, 0.6) is 0 Å². The van der Waals surface area contributed by atoms with Gasteiger partial charge in [-0.2, -0.15) is 0 Å². The second-order valence-electron chi connectivity index (χ2n) is 4.81. The van der Waals surface area contributed by atoms with E-state index in [1.54, 1.807) is 0 Å². The molecule has 0 bridgehead atoms. The molecule has 0 fully saturated rings. The van der Waals surface area contributed by atoms with Crippen LogP contribution in [0.2, 0.25) is 0 Å². The summed E-state index contributed by atoms with van der Waals surface area (Å²) in [5, 5.41) is 3.41.